The molecule has 1 aromatic rings. The number of H-pyrrole nitrogens is 1. The molecule has 1 aromatic heterocycles. The molecule has 11 heavy (non-hydrogen) atoms. The number of nitrogens with zero attached hydrogens (tertiary/aromatic N) is 1. The Balaban J connectivity index is 3.12. The third kappa shape index (κ3) is 2.27. The minimum absolute atomic E-state index is 0.0892. The Morgan fingerprint density at radius 3 is 2.73 bits per heavy atom. The Morgan fingerprint density at radius 2 is 2.18 bits per heavy atom. The average Bonchev–Trinajstić information content (AvgIpc) is 2.03. The molecule has 0 amide bonds. The predicted octanol–water partition coefficient (Wildman–Crippen LogP) is 1.21. The number of aromatic amines is 1. The predicted molar refractivity (Wildman–Crippen MR) is 48.4 cm³/mol. The van der Waals surface area contributed by atoms with Crippen LogP contribution in [0.3, 0.4) is 0 Å². The molecule has 0 aliphatic carbocycles. The van der Waals surface area contributed by atoms with Crippen molar-refractivity contribution in [2.45, 2.75) is 10.2 Å². The van der Waals surface area contributed by atoms with Crippen molar-refractivity contribution in [1.29, 1.82) is 0 Å². The van der Waals surface area contributed by atoms with Crippen LogP contribution in [0.1, 0.15) is 0 Å². The van der Waals surface area contributed by atoms with Crippen LogP contribution in [-0.4, -0.2) is 22.5 Å². The summed E-state index contributed by atoms with van der Waals surface area (Å²) in [7, 11) is 0. The van der Waals surface area contributed by atoms with Crippen LogP contribution in [0.5, 0.6) is 0 Å². The van der Waals surface area contributed by atoms with E-state index >= 15 is 0 Å². The van der Waals surface area contributed by atoms with Gasteiger partial charge >= 0.3 is 0 Å². The summed E-state index contributed by atoms with van der Waals surface area (Å²) in [6, 6.07) is 1.49. The van der Waals surface area contributed by atoms with Crippen molar-refractivity contribution in [2.24, 2.45) is 0 Å². The van der Waals surface area contributed by atoms with Gasteiger partial charge in [0.05, 0.1) is 0 Å². The van der Waals surface area contributed by atoms with Crippen molar-refractivity contribution < 1.29 is 0 Å². The van der Waals surface area contributed by atoms with Gasteiger partial charge < -0.3 is 4.98 Å². The molecule has 0 spiro atoms. The Hall–Kier alpha value is -0.420. The molecule has 1 N–H and O–H groups in total. The van der Waals surface area contributed by atoms with E-state index in [4.69, 9.17) is 0 Å². The first-order chi connectivity index (χ1) is 5.26. The molecule has 3 nitrogen and oxygen atoms in total. The smallest absolute Gasteiger partial charge is 0.252 e. The lowest BCUT2D eigenvalue weighted by Gasteiger charge is -1.96. The average molecular weight is 188 g/mol. The summed E-state index contributed by atoms with van der Waals surface area (Å²) in [4.78, 5) is 17.7. The molecule has 0 unspecified atom stereocenters. The molecule has 60 valence electrons. The number of rotatable bonds is 2. The van der Waals surface area contributed by atoms with Gasteiger partial charge in [0.1, 0.15) is 5.03 Å². The summed E-state index contributed by atoms with van der Waals surface area (Å²) >= 11 is 2.90. The minimum atomic E-state index is -0.0892. The van der Waals surface area contributed by atoms with E-state index in [1.54, 1.807) is 0 Å². The molecule has 0 bridgehead atoms. The lowest BCUT2D eigenvalue weighted by molar-refractivity contribution is 0.870. The fraction of sp³-hybridized carbons (Fsp3) is 0.333. The van der Waals surface area contributed by atoms with Gasteiger partial charge in [-0.05, 0) is 12.5 Å². The standard InChI is InChI=1S/C6H8N2OS2/c1-10-5-3-4(9)7-6(8-5)11-2/h3H,1-2H3,(H,7,8,9). The van der Waals surface area contributed by atoms with Gasteiger partial charge in [-0.2, -0.15) is 0 Å². The quantitative estimate of drug-likeness (QED) is 0.430. The highest BCUT2D eigenvalue weighted by molar-refractivity contribution is 7.99. The maximum atomic E-state index is 10.9. The largest absolute Gasteiger partial charge is 0.301 e. The van der Waals surface area contributed by atoms with Crippen LogP contribution in [0.4, 0.5) is 0 Å². The van der Waals surface area contributed by atoms with Crippen LogP contribution in [0.2, 0.25) is 0 Å². The fourth-order valence-electron chi connectivity index (χ4n) is 0.615. The summed E-state index contributed by atoms with van der Waals surface area (Å²) < 4.78 is 0. The normalized spacial score (nSPS) is 10.0. The van der Waals surface area contributed by atoms with Crippen LogP contribution < -0.4 is 5.56 Å². The molecular weight excluding hydrogens is 180 g/mol. The van der Waals surface area contributed by atoms with Gasteiger partial charge in [-0.15, -0.1) is 11.8 Å². The summed E-state index contributed by atoms with van der Waals surface area (Å²) in [5.74, 6) is 0. The highest BCUT2D eigenvalue weighted by atomic mass is 32.2. The second-order valence-corrected chi connectivity index (χ2v) is 3.42. The third-order valence-corrected chi connectivity index (χ3v) is 2.31. The molecule has 5 heteroatoms. The van der Waals surface area contributed by atoms with E-state index in [0.29, 0.717) is 5.16 Å². The lowest BCUT2D eigenvalue weighted by Crippen LogP contribution is -2.07. The summed E-state index contributed by atoms with van der Waals surface area (Å²) in [6.07, 6.45) is 3.77. The van der Waals surface area contributed by atoms with E-state index in [1.165, 1.54) is 29.6 Å². The van der Waals surface area contributed by atoms with Crippen LogP contribution in [0, 0.1) is 0 Å². The van der Waals surface area contributed by atoms with E-state index in [9.17, 15) is 4.79 Å². The molecule has 0 atom stereocenters. The van der Waals surface area contributed by atoms with Crippen LogP contribution in [0.25, 0.3) is 0 Å². The van der Waals surface area contributed by atoms with Crippen molar-refractivity contribution >= 4 is 23.5 Å². The van der Waals surface area contributed by atoms with Crippen molar-refractivity contribution in [3.63, 3.8) is 0 Å². The fourth-order valence-corrected chi connectivity index (χ4v) is 1.47. The van der Waals surface area contributed by atoms with Gasteiger partial charge in [-0.1, -0.05) is 11.8 Å². The SMILES string of the molecule is CSc1cc(=O)[nH]c(SC)n1. The monoisotopic (exact) mass is 188 g/mol. The second-order valence-electron chi connectivity index (χ2n) is 1.80. The Labute approximate surface area is 73.0 Å². The first kappa shape index (κ1) is 8.67. The zero-order valence-electron chi connectivity index (χ0n) is 6.25. The highest BCUT2D eigenvalue weighted by Gasteiger charge is 1.97. The van der Waals surface area contributed by atoms with Gasteiger partial charge in [0.25, 0.3) is 5.56 Å². The first-order valence-electron chi connectivity index (χ1n) is 2.95. The number of aromatic nitrogens is 2. The third-order valence-electron chi connectivity index (χ3n) is 1.10. The Bertz CT molecular complexity index is 272. The molecule has 1 heterocycles. The summed E-state index contributed by atoms with van der Waals surface area (Å²) in [5.41, 5.74) is -0.0892. The first-order valence-corrected chi connectivity index (χ1v) is 5.40. The Kier molecular flexibility index (Phi) is 3.02. The van der Waals surface area contributed by atoms with E-state index in [0.717, 1.165) is 5.03 Å². The topological polar surface area (TPSA) is 45.8 Å². The molecule has 0 aliphatic rings. The van der Waals surface area contributed by atoms with Gasteiger partial charge in [-0.3, -0.25) is 4.79 Å². The van der Waals surface area contributed by atoms with E-state index < -0.39 is 0 Å². The lowest BCUT2D eigenvalue weighted by atomic mass is 10.7. The van der Waals surface area contributed by atoms with Crippen molar-refractivity contribution in [3.05, 3.63) is 16.4 Å². The maximum Gasteiger partial charge on any atom is 0.252 e. The number of hydrogen-bond acceptors (Lipinski definition) is 4. The van der Waals surface area contributed by atoms with Gasteiger partial charge in [-0.25, -0.2) is 4.98 Å². The molecule has 0 saturated carbocycles. The Morgan fingerprint density at radius 1 is 1.45 bits per heavy atom. The number of nitrogens with one attached hydrogen (secondary N) is 1. The van der Waals surface area contributed by atoms with Crippen LogP contribution in [0.15, 0.2) is 21.0 Å². The van der Waals surface area contributed by atoms with Crippen molar-refractivity contribution in [2.75, 3.05) is 12.5 Å². The van der Waals surface area contributed by atoms with Crippen molar-refractivity contribution in [3.8, 4) is 0 Å². The van der Waals surface area contributed by atoms with E-state index in [2.05, 4.69) is 9.97 Å². The summed E-state index contributed by atoms with van der Waals surface area (Å²) in [6.45, 7) is 0. The molecule has 0 saturated heterocycles. The zero-order chi connectivity index (χ0) is 8.27. The molecule has 0 radical (unpaired) electrons. The summed E-state index contributed by atoms with van der Waals surface area (Å²) in [5, 5.41) is 1.43. The van der Waals surface area contributed by atoms with Crippen molar-refractivity contribution in [1.82, 2.24) is 9.97 Å². The maximum absolute atomic E-state index is 10.9. The van der Waals surface area contributed by atoms with E-state index in [-0.39, 0.29) is 5.56 Å². The van der Waals surface area contributed by atoms with Crippen LogP contribution in [-0.2, 0) is 0 Å². The molecule has 1 rings (SSSR count). The van der Waals surface area contributed by atoms with Crippen LogP contribution >= 0.6 is 23.5 Å². The van der Waals surface area contributed by atoms with E-state index in [1.807, 2.05) is 12.5 Å². The molecule has 0 aromatic carbocycles. The second kappa shape index (κ2) is 3.82. The van der Waals surface area contributed by atoms with Gasteiger partial charge in [0.2, 0.25) is 0 Å². The zero-order valence-corrected chi connectivity index (χ0v) is 7.88. The molecular formula is C6H8N2OS2. The van der Waals surface area contributed by atoms with Gasteiger partial charge in [0.15, 0.2) is 5.16 Å². The number of hydrogen-bond donors (Lipinski definition) is 1. The highest BCUT2D eigenvalue weighted by Crippen LogP contribution is 2.12. The molecule has 0 aliphatic heterocycles. The van der Waals surface area contributed by atoms with Gasteiger partial charge in [0, 0.05) is 6.07 Å². The number of thioether (sulfide) groups is 2. The minimum Gasteiger partial charge on any atom is -0.301 e. The molecule has 0 fully saturated rings.